The molecule has 0 fully saturated rings. The molecule has 0 saturated heterocycles. The third-order valence-electron chi connectivity index (χ3n) is 3.63. The molecule has 1 aromatic heterocycles. The van der Waals surface area contributed by atoms with E-state index in [1.807, 2.05) is 25.1 Å². The minimum atomic E-state index is -0.286. The van der Waals surface area contributed by atoms with E-state index in [-0.39, 0.29) is 23.2 Å². The third kappa shape index (κ3) is 2.28. The number of benzene rings is 1. The van der Waals surface area contributed by atoms with Gasteiger partial charge in [-0.15, -0.1) is 0 Å². The second-order valence-electron chi connectivity index (χ2n) is 5.69. The highest BCUT2D eigenvalue weighted by Crippen LogP contribution is 2.39. The molecule has 110 valence electrons. The van der Waals surface area contributed by atoms with Gasteiger partial charge in [-0.2, -0.15) is 4.98 Å². The highest BCUT2D eigenvalue weighted by molar-refractivity contribution is 6.07. The predicted molar refractivity (Wildman–Crippen MR) is 78.7 cm³/mol. The number of rotatable bonds is 3. The fraction of sp³-hybridized carbons (Fsp3) is 0.375. The Hall–Kier alpha value is -2.30. The van der Waals surface area contributed by atoms with Crippen LogP contribution in [0.2, 0.25) is 0 Å². The zero-order chi connectivity index (χ0) is 15.0. The second-order valence-corrected chi connectivity index (χ2v) is 5.69. The molecule has 0 bridgehead atoms. The van der Waals surface area contributed by atoms with Crippen molar-refractivity contribution in [3.8, 4) is 6.08 Å². The normalized spacial score (nSPS) is 15.9. The zero-order valence-electron chi connectivity index (χ0n) is 12.4. The summed E-state index contributed by atoms with van der Waals surface area (Å²) in [6.07, 6.45) is 2.31. The van der Waals surface area contributed by atoms with Gasteiger partial charge in [-0.05, 0) is 38.8 Å². The lowest BCUT2D eigenvalue weighted by molar-refractivity contribution is 0.0962. The van der Waals surface area contributed by atoms with Crippen molar-refractivity contribution in [2.45, 2.75) is 32.7 Å². The zero-order valence-corrected chi connectivity index (χ0v) is 12.4. The molecular weight excluding hydrogens is 268 g/mol. The van der Waals surface area contributed by atoms with E-state index in [4.69, 9.17) is 9.15 Å². The van der Waals surface area contributed by atoms with Crippen molar-refractivity contribution in [2.75, 3.05) is 11.5 Å². The fourth-order valence-corrected chi connectivity index (χ4v) is 2.79. The second kappa shape index (κ2) is 4.91. The Morgan fingerprint density at radius 2 is 2.19 bits per heavy atom. The molecule has 0 N–H and O–H groups in total. The minimum Gasteiger partial charge on any atom is -0.450 e. The summed E-state index contributed by atoms with van der Waals surface area (Å²) in [6, 6.07) is 7.95. The molecule has 2 aromatic rings. The van der Waals surface area contributed by atoms with Crippen molar-refractivity contribution in [3.05, 3.63) is 41.8 Å². The van der Waals surface area contributed by atoms with Gasteiger partial charge >= 0.3 is 6.08 Å². The van der Waals surface area contributed by atoms with Gasteiger partial charge in [0.15, 0.2) is 5.69 Å². The lowest BCUT2D eigenvalue weighted by atomic mass is 9.99. The van der Waals surface area contributed by atoms with Gasteiger partial charge in [0.05, 0.1) is 6.61 Å². The number of fused-ring (bicyclic) bond motifs is 1. The first kappa shape index (κ1) is 13.7. The van der Waals surface area contributed by atoms with Crippen LogP contribution in [0.25, 0.3) is 0 Å². The Morgan fingerprint density at radius 1 is 1.43 bits per heavy atom. The Bertz CT molecular complexity index is 676. The van der Waals surface area contributed by atoms with Gasteiger partial charge in [0.25, 0.3) is 5.91 Å². The molecule has 2 heterocycles. The van der Waals surface area contributed by atoms with Gasteiger partial charge in [-0.25, -0.2) is 0 Å². The van der Waals surface area contributed by atoms with E-state index in [0.29, 0.717) is 6.61 Å². The molecule has 0 aliphatic carbocycles. The van der Waals surface area contributed by atoms with Gasteiger partial charge < -0.3 is 14.1 Å². The summed E-state index contributed by atoms with van der Waals surface area (Å²) >= 11 is 0. The van der Waals surface area contributed by atoms with E-state index in [1.165, 1.54) is 11.8 Å². The Morgan fingerprint density at radius 3 is 2.95 bits per heavy atom. The smallest absolute Gasteiger partial charge is 0.394 e. The predicted octanol–water partition coefficient (Wildman–Crippen LogP) is 3.05. The summed E-state index contributed by atoms with van der Waals surface area (Å²) in [5.41, 5.74) is 2.09. The standard InChI is InChI=1S/C16H18N2O3/c1-4-20-15-17-12(10-21-15)14(19)18-13-8-6-5-7-11(13)9-16(18,2)3/h5-8,10H,4,9H2,1-3H3. The number of ether oxygens (including phenoxy) is 1. The molecular formula is C16H18N2O3. The van der Waals surface area contributed by atoms with Gasteiger partial charge in [0.2, 0.25) is 0 Å². The van der Waals surface area contributed by atoms with E-state index >= 15 is 0 Å². The van der Waals surface area contributed by atoms with Crippen molar-refractivity contribution in [1.29, 1.82) is 0 Å². The molecule has 0 unspecified atom stereocenters. The number of aromatic nitrogens is 1. The Balaban J connectivity index is 1.96. The molecule has 5 nitrogen and oxygen atoms in total. The average molecular weight is 286 g/mol. The van der Waals surface area contributed by atoms with Gasteiger partial charge in [0.1, 0.15) is 6.26 Å². The van der Waals surface area contributed by atoms with Gasteiger partial charge in [-0.1, -0.05) is 18.2 Å². The van der Waals surface area contributed by atoms with Crippen LogP contribution in [0.5, 0.6) is 6.08 Å². The first-order valence-electron chi connectivity index (χ1n) is 7.04. The number of carbonyl (C=O) groups is 1. The van der Waals surface area contributed by atoms with Crippen LogP contribution in [-0.4, -0.2) is 23.0 Å². The van der Waals surface area contributed by atoms with E-state index < -0.39 is 0 Å². The van der Waals surface area contributed by atoms with Gasteiger partial charge in [0, 0.05) is 11.2 Å². The summed E-state index contributed by atoms with van der Waals surface area (Å²) in [4.78, 5) is 18.7. The summed E-state index contributed by atoms with van der Waals surface area (Å²) in [7, 11) is 0. The molecule has 0 radical (unpaired) electrons. The van der Waals surface area contributed by atoms with Crippen LogP contribution in [0.1, 0.15) is 36.8 Å². The number of anilines is 1. The number of carbonyl (C=O) groups excluding carboxylic acids is 1. The molecule has 5 heteroatoms. The molecule has 0 atom stereocenters. The molecule has 1 amide bonds. The third-order valence-corrected chi connectivity index (χ3v) is 3.63. The number of hydrogen-bond acceptors (Lipinski definition) is 4. The first-order valence-corrected chi connectivity index (χ1v) is 7.04. The van der Waals surface area contributed by atoms with E-state index in [9.17, 15) is 4.79 Å². The summed E-state index contributed by atoms with van der Waals surface area (Å²) in [5.74, 6) is -0.167. The number of nitrogens with zero attached hydrogens (tertiary/aromatic N) is 2. The van der Waals surface area contributed by atoms with Crippen LogP contribution in [0, 0.1) is 0 Å². The maximum atomic E-state index is 12.8. The van der Waals surface area contributed by atoms with Gasteiger partial charge in [-0.3, -0.25) is 4.79 Å². The maximum absolute atomic E-state index is 12.8. The number of amides is 1. The summed E-state index contributed by atoms with van der Waals surface area (Å²) in [6.45, 7) is 6.39. The maximum Gasteiger partial charge on any atom is 0.394 e. The largest absolute Gasteiger partial charge is 0.450 e. The van der Waals surface area contributed by atoms with Crippen LogP contribution < -0.4 is 9.64 Å². The minimum absolute atomic E-state index is 0.131. The molecule has 0 saturated carbocycles. The Labute approximate surface area is 123 Å². The van der Waals surface area contributed by atoms with Crippen LogP contribution >= 0.6 is 0 Å². The van der Waals surface area contributed by atoms with Crippen molar-refractivity contribution < 1.29 is 13.9 Å². The molecule has 1 aliphatic heterocycles. The first-order chi connectivity index (χ1) is 10.0. The lowest BCUT2D eigenvalue weighted by Gasteiger charge is -2.31. The van der Waals surface area contributed by atoms with E-state index in [0.717, 1.165) is 12.1 Å². The van der Waals surface area contributed by atoms with Crippen molar-refractivity contribution in [3.63, 3.8) is 0 Å². The van der Waals surface area contributed by atoms with E-state index in [1.54, 1.807) is 4.90 Å². The van der Waals surface area contributed by atoms with Crippen LogP contribution in [0.15, 0.2) is 34.9 Å². The molecule has 21 heavy (non-hydrogen) atoms. The molecule has 3 rings (SSSR count). The van der Waals surface area contributed by atoms with E-state index in [2.05, 4.69) is 24.9 Å². The quantitative estimate of drug-likeness (QED) is 0.870. The highest BCUT2D eigenvalue weighted by Gasteiger charge is 2.41. The highest BCUT2D eigenvalue weighted by atomic mass is 16.6. The topological polar surface area (TPSA) is 55.6 Å². The molecule has 0 spiro atoms. The van der Waals surface area contributed by atoms with Crippen molar-refractivity contribution >= 4 is 11.6 Å². The Kier molecular flexibility index (Phi) is 3.20. The van der Waals surface area contributed by atoms with Crippen LogP contribution in [0.4, 0.5) is 5.69 Å². The average Bonchev–Trinajstić information content (AvgIpc) is 2.99. The van der Waals surface area contributed by atoms with Crippen molar-refractivity contribution in [2.24, 2.45) is 0 Å². The fourth-order valence-electron chi connectivity index (χ4n) is 2.79. The summed E-state index contributed by atoms with van der Waals surface area (Å²) < 4.78 is 10.3. The number of oxazole rings is 1. The number of para-hydroxylation sites is 1. The van der Waals surface area contributed by atoms with Crippen molar-refractivity contribution in [1.82, 2.24) is 4.98 Å². The summed E-state index contributed by atoms with van der Waals surface area (Å²) in [5, 5.41) is 0. The SMILES string of the molecule is CCOc1nc(C(=O)N2c3ccccc3CC2(C)C)co1. The molecule has 1 aromatic carbocycles. The monoisotopic (exact) mass is 286 g/mol. The van der Waals surface area contributed by atoms with Crippen LogP contribution in [0.3, 0.4) is 0 Å². The number of hydrogen-bond donors (Lipinski definition) is 0. The van der Waals surface area contributed by atoms with Crippen LogP contribution in [-0.2, 0) is 6.42 Å². The molecule has 1 aliphatic rings. The lowest BCUT2D eigenvalue weighted by Crippen LogP contribution is -2.45.